The number of nitrogens with one attached hydrogen (secondary N) is 1. The molecule has 0 saturated carbocycles. The molecule has 5 rings (SSSR count). The van der Waals surface area contributed by atoms with E-state index in [9.17, 15) is 15.2 Å². The summed E-state index contributed by atoms with van der Waals surface area (Å²) in [4.78, 5) is 21.1. The third kappa shape index (κ3) is 4.42. The van der Waals surface area contributed by atoms with Crippen LogP contribution >= 0.6 is 11.8 Å². The maximum atomic E-state index is 11.3. The molecule has 0 unspecified atom stereocenters. The number of phenols is 1. The number of H-pyrrole nitrogens is 1. The van der Waals surface area contributed by atoms with Crippen molar-refractivity contribution in [1.82, 2.24) is 9.97 Å². The fraction of sp³-hybridized carbons (Fsp3) is 0. The number of aromatic hydroxyl groups is 1. The highest BCUT2D eigenvalue weighted by Crippen LogP contribution is 2.38. The van der Waals surface area contributed by atoms with E-state index < -0.39 is 4.92 Å². The lowest BCUT2D eigenvalue weighted by atomic mass is 10.1. The monoisotopic (exact) mass is 465 g/mol. The van der Waals surface area contributed by atoms with Gasteiger partial charge in [-0.1, -0.05) is 72.4 Å². The molecule has 0 spiro atoms. The summed E-state index contributed by atoms with van der Waals surface area (Å²) in [7, 11) is 0. The van der Waals surface area contributed by atoms with Crippen molar-refractivity contribution in [3.63, 3.8) is 0 Å². The summed E-state index contributed by atoms with van der Waals surface area (Å²) in [5.41, 5.74) is 3.43. The van der Waals surface area contributed by atoms with Crippen molar-refractivity contribution in [1.29, 1.82) is 0 Å². The van der Waals surface area contributed by atoms with Gasteiger partial charge in [0.1, 0.15) is 11.6 Å². The minimum absolute atomic E-state index is 0.0844. The largest absolute Gasteiger partial charge is 0.507 e. The predicted octanol–water partition coefficient (Wildman–Crippen LogP) is 7.18. The topological polar surface area (TPSA) is 92.1 Å². The lowest BCUT2D eigenvalue weighted by Crippen LogP contribution is -1.90. The molecule has 0 aliphatic heterocycles. The van der Waals surface area contributed by atoms with Gasteiger partial charge in [0.25, 0.3) is 5.69 Å². The number of nitro groups is 1. The number of nitrogens with zero attached hydrogens (tertiary/aromatic N) is 2. The Morgan fingerprint density at radius 1 is 0.794 bits per heavy atom. The molecule has 0 atom stereocenters. The number of non-ortho nitro benzene ring substituents is 1. The van der Waals surface area contributed by atoms with Gasteiger partial charge >= 0.3 is 0 Å². The fourth-order valence-corrected chi connectivity index (χ4v) is 4.58. The molecule has 166 valence electrons. The van der Waals surface area contributed by atoms with Gasteiger partial charge in [-0.25, -0.2) is 4.98 Å². The molecule has 0 aliphatic carbocycles. The number of nitro benzene ring substituents is 1. The summed E-state index contributed by atoms with van der Waals surface area (Å²) < 4.78 is 0. The second-order valence-electron chi connectivity index (χ2n) is 7.58. The van der Waals surface area contributed by atoms with Crippen molar-refractivity contribution in [2.75, 3.05) is 0 Å². The van der Waals surface area contributed by atoms with E-state index in [1.807, 2.05) is 66.7 Å². The van der Waals surface area contributed by atoms with Crippen LogP contribution in [0.2, 0.25) is 0 Å². The van der Waals surface area contributed by atoms with E-state index in [4.69, 9.17) is 4.98 Å². The molecule has 1 heterocycles. The van der Waals surface area contributed by atoms with Gasteiger partial charge in [0.05, 0.1) is 21.9 Å². The molecule has 0 radical (unpaired) electrons. The molecule has 0 amide bonds. The highest BCUT2D eigenvalue weighted by atomic mass is 32.2. The molecule has 4 aromatic carbocycles. The number of benzene rings is 4. The van der Waals surface area contributed by atoms with E-state index in [0.29, 0.717) is 11.5 Å². The lowest BCUT2D eigenvalue weighted by molar-refractivity contribution is -0.384. The molecule has 0 fully saturated rings. The second-order valence-corrected chi connectivity index (χ2v) is 8.72. The van der Waals surface area contributed by atoms with Crippen LogP contribution in [0.3, 0.4) is 0 Å². The Morgan fingerprint density at radius 3 is 2.21 bits per heavy atom. The van der Waals surface area contributed by atoms with E-state index in [2.05, 4.69) is 23.2 Å². The van der Waals surface area contributed by atoms with Gasteiger partial charge in [0, 0.05) is 33.1 Å². The molecule has 7 heteroatoms. The van der Waals surface area contributed by atoms with Crippen LogP contribution in [0.25, 0.3) is 33.9 Å². The molecule has 0 aliphatic rings. The Labute approximate surface area is 200 Å². The van der Waals surface area contributed by atoms with Crippen LogP contribution in [0.1, 0.15) is 0 Å². The Morgan fingerprint density at radius 2 is 1.47 bits per heavy atom. The molecule has 2 N–H and O–H groups in total. The first kappa shape index (κ1) is 21.5. The van der Waals surface area contributed by atoms with E-state index in [-0.39, 0.29) is 17.0 Å². The summed E-state index contributed by atoms with van der Waals surface area (Å²) in [6, 6.07) is 31.8. The van der Waals surface area contributed by atoms with Crippen LogP contribution < -0.4 is 0 Å². The van der Waals surface area contributed by atoms with Crippen LogP contribution in [0.5, 0.6) is 5.75 Å². The highest BCUT2D eigenvalue weighted by Gasteiger charge is 2.19. The molecular formula is C27H19N3O3S. The predicted molar refractivity (Wildman–Crippen MR) is 134 cm³/mol. The van der Waals surface area contributed by atoms with E-state index in [1.54, 1.807) is 11.8 Å². The smallest absolute Gasteiger partial charge is 0.270 e. The molecule has 34 heavy (non-hydrogen) atoms. The Bertz CT molecular complexity index is 1470. The Hall–Kier alpha value is -4.36. The van der Waals surface area contributed by atoms with Gasteiger partial charge in [0.15, 0.2) is 0 Å². The molecule has 0 saturated heterocycles. The highest BCUT2D eigenvalue weighted by molar-refractivity contribution is 7.99. The third-order valence-electron chi connectivity index (χ3n) is 5.30. The van der Waals surface area contributed by atoms with Crippen LogP contribution in [0, 0.1) is 10.1 Å². The van der Waals surface area contributed by atoms with Crippen molar-refractivity contribution in [2.24, 2.45) is 0 Å². The maximum Gasteiger partial charge on any atom is 0.270 e. The zero-order chi connectivity index (χ0) is 23.5. The zero-order valence-corrected chi connectivity index (χ0v) is 18.7. The zero-order valence-electron chi connectivity index (χ0n) is 17.9. The number of rotatable bonds is 6. The van der Waals surface area contributed by atoms with Gasteiger partial charge in [-0.3, -0.25) is 10.1 Å². The first-order valence-corrected chi connectivity index (χ1v) is 11.4. The minimum Gasteiger partial charge on any atom is -0.507 e. The second kappa shape index (κ2) is 9.25. The first-order valence-electron chi connectivity index (χ1n) is 10.5. The third-order valence-corrected chi connectivity index (χ3v) is 6.30. The average molecular weight is 466 g/mol. The van der Waals surface area contributed by atoms with Crippen LogP contribution in [-0.4, -0.2) is 20.0 Å². The number of phenolic OH excluding ortho intramolecular Hbond substituents is 1. The Kier molecular flexibility index (Phi) is 5.84. The summed E-state index contributed by atoms with van der Waals surface area (Å²) in [5.74, 6) is 0.273. The van der Waals surface area contributed by atoms with Gasteiger partial charge in [-0.05, 0) is 30.3 Å². The normalized spacial score (nSPS) is 10.8. The first-order chi connectivity index (χ1) is 16.6. The number of aromatic nitrogens is 2. The fourth-order valence-electron chi connectivity index (χ4n) is 3.68. The number of aromatic amines is 1. The number of hydrogen-bond donors (Lipinski definition) is 2. The average Bonchev–Trinajstić information content (AvgIpc) is 3.31. The Balaban J connectivity index is 1.63. The van der Waals surface area contributed by atoms with Crippen LogP contribution in [0.4, 0.5) is 5.69 Å². The molecule has 6 nitrogen and oxygen atoms in total. The van der Waals surface area contributed by atoms with Crippen molar-refractivity contribution in [3.8, 4) is 39.7 Å². The number of hydrogen-bond acceptors (Lipinski definition) is 5. The molecule has 1 aromatic heterocycles. The van der Waals surface area contributed by atoms with Gasteiger partial charge in [-0.2, -0.15) is 0 Å². The van der Waals surface area contributed by atoms with E-state index >= 15 is 0 Å². The molecule has 5 aromatic rings. The summed E-state index contributed by atoms with van der Waals surface area (Å²) in [6.45, 7) is 0. The van der Waals surface area contributed by atoms with Crippen LogP contribution in [-0.2, 0) is 0 Å². The van der Waals surface area contributed by atoms with Gasteiger partial charge in [-0.15, -0.1) is 0 Å². The maximum absolute atomic E-state index is 11.3. The van der Waals surface area contributed by atoms with Crippen molar-refractivity contribution >= 4 is 17.4 Å². The lowest BCUT2D eigenvalue weighted by Gasteiger charge is -2.06. The summed E-state index contributed by atoms with van der Waals surface area (Å²) in [5, 5.41) is 21.7. The van der Waals surface area contributed by atoms with E-state index in [0.717, 1.165) is 26.6 Å². The minimum atomic E-state index is -0.491. The number of imidazole rings is 1. The molecule has 0 bridgehead atoms. The quantitative estimate of drug-likeness (QED) is 0.205. The standard InChI is InChI=1S/C27H19N3O3S/c31-24-15-14-20(30(32)33)17-23(24)27-28-25(18-8-3-1-4-9-18)26(29-27)19-10-7-13-22(16-19)34-21-11-5-2-6-12-21/h1-17,31H,(H,28,29). The van der Waals surface area contributed by atoms with E-state index in [1.165, 1.54) is 18.2 Å². The van der Waals surface area contributed by atoms with Crippen molar-refractivity contribution in [3.05, 3.63) is 113 Å². The van der Waals surface area contributed by atoms with Crippen LogP contribution in [0.15, 0.2) is 113 Å². The SMILES string of the molecule is O=[N+]([O-])c1ccc(O)c(-c2nc(-c3cccc(Sc4ccccc4)c3)c(-c3ccccc3)[nH]2)c1. The van der Waals surface area contributed by atoms with Gasteiger partial charge < -0.3 is 10.1 Å². The summed E-state index contributed by atoms with van der Waals surface area (Å²) >= 11 is 1.66. The van der Waals surface area contributed by atoms with Crippen molar-refractivity contribution < 1.29 is 10.0 Å². The molecular weight excluding hydrogens is 446 g/mol. The van der Waals surface area contributed by atoms with Gasteiger partial charge in [0.2, 0.25) is 0 Å². The summed E-state index contributed by atoms with van der Waals surface area (Å²) in [6.07, 6.45) is 0. The van der Waals surface area contributed by atoms with Crippen molar-refractivity contribution in [2.45, 2.75) is 9.79 Å².